The van der Waals surface area contributed by atoms with Gasteiger partial charge in [-0.05, 0) is 38.1 Å². The van der Waals surface area contributed by atoms with Crippen LogP contribution in [0.4, 0.5) is 0 Å². The van der Waals surface area contributed by atoms with Gasteiger partial charge in [-0.3, -0.25) is 4.90 Å². The van der Waals surface area contributed by atoms with E-state index >= 15 is 0 Å². The van der Waals surface area contributed by atoms with Crippen molar-refractivity contribution >= 4 is 15.9 Å². The summed E-state index contributed by atoms with van der Waals surface area (Å²) in [5.74, 6) is 1.54. The molecule has 0 amide bonds. The number of likely N-dealkylation sites (tertiary alicyclic amines) is 1. The van der Waals surface area contributed by atoms with E-state index in [9.17, 15) is 0 Å². The van der Waals surface area contributed by atoms with Gasteiger partial charge in [0.05, 0.1) is 7.11 Å². The number of methoxy groups -OCH3 is 1. The van der Waals surface area contributed by atoms with Crippen LogP contribution >= 0.6 is 15.9 Å². The Bertz CT molecular complexity index is 397. The molecule has 4 heteroatoms. The molecule has 0 saturated carbocycles. The first-order valence-corrected chi connectivity index (χ1v) is 6.69. The molecule has 94 valence electrons. The normalized spacial score (nSPS) is 25.2. The molecule has 2 unspecified atom stereocenters. The van der Waals surface area contributed by atoms with Crippen molar-refractivity contribution in [3.63, 3.8) is 0 Å². The summed E-state index contributed by atoms with van der Waals surface area (Å²) in [7, 11) is 3.87. The highest BCUT2D eigenvalue weighted by molar-refractivity contribution is 9.10. The first-order chi connectivity index (χ1) is 8.17. The lowest BCUT2D eigenvalue weighted by atomic mass is 9.99. The number of rotatable bonds is 3. The Balaban J connectivity index is 2.34. The van der Waals surface area contributed by atoms with Gasteiger partial charge in [-0.25, -0.2) is 0 Å². The quantitative estimate of drug-likeness (QED) is 0.931. The molecular weight excluding hydrogens is 280 g/mol. The average molecular weight is 299 g/mol. The average Bonchev–Trinajstić information content (AvgIpc) is 2.70. The van der Waals surface area contributed by atoms with Crippen molar-refractivity contribution in [1.82, 2.24) is 4.90 Å². The molecule has 1 heterocycles. The van der Waals surface area contributed by atoms with Crippen LogP contribution in [0.3, 0.4) is 0 Å². The summed E-state index contributed by atoms with van der Waals surface area (Å²) in [6.07, 6.45) is 1.10. The number of ether oxygens (including phenoxy) is 1. The summed E-state index contributed by atoms with van der Waals surface area (Å²) in [4.78, 5) is 2.36. The fourth-order valence-corrected chi connectivity index (χ4v) is 3.24. The molecule has 3 nitrogen and oxygen atoms in total. The first kappa shape index (κ1) is 12.9. The topological polar surface area (TPSA) is 38.5 Å². The molecule has 0 aromatic heterocycles. The second-order valence-corrected chi connectivity index (χ2v) is 5.50. The van der Waals surface area contributed by atoms with Crippen LogP contribution in [0, 0.1) is 5.92 Å². The van der Waals surface area contributed by atoms with Crippen molar-refractivity contribution < 1.29 is 4.74 Å². The molecular formula is C13H19BrN2O. The van der Waals surface area contributed by atoms with Crippen LogP contribution in [0.15, 0.2) is 22.7 Å². The molecule has 1 aromatic carbocycles. The zero-order chi connectivity index (χ0) is 12.4. The highest BCUT2D eigenvalue weighted by Gasteiger charge is 2.32. The molecule has 0 aliphatic carbocycles. The molecule has 1 aromatic rings. The third-order valence-electron chi connectivity index (χ3n) is 3.53. The zero-order valence-electron chi connectivity index (χ0n) is 10.3. The molecule has 0 radical (unpaired) electrons. The fourth-order valence-electron chi connectivity index (χ4n) is 2.63. The number of hydrogen-bond acceptors (Lipinski definition) is 3. The number of benzene rings is 1. The largest absolute Gasteiger partial charge is 0.496 e. The Labute approximate surface area is 111 Å². The van der Waals surface area contributed by atoms with Crippen LogP contribution in [-0.2, 0) is 0 Å². The standard InChI is InChI=1S/C13H19BrN2O/c1-16-8-9(7-15)6-11(16)13-10(14)4-3-5-12(13)17-2/h3-5,9,11H,6-8,15H2,1-2H3. The summed E-state index contributed by atoms with van der Waals surface area (Å²) in [5, 5.41) is 0. The summed E-state index contributed by atoms with van der Waals surface area (Å²) in [6, 6.07) is 6.49. The van der Waals surface area contributed by atoms with E-state index in [-0.39, 0.29) is 0 Å². The molecule has 1 saturated heterocycles. The lowest BCUT2D eigenvalue weighted by Crippen LogP contribution is -2.21. The maximum atomic E-state index is 5.78. The van der Waals surface area contributed by atoms with Gasteiger partial charge in [0.2, 0.25) is 0 Å². The highest BCUT2D eigenvalue weighted by atomic mass is 79.9. The van der Waals surface area contributed by atoms with Crippen LogP contribution in [0.2, 0.25) is 0 Å². The third kappa shape index (κ3) is 2.49. The second-order valence-electron chi connectivity index (χ2n) is 4.65. The number of nitrogens with zero attached hydrogens (tertiary/aromatic N) is 1. The monoisotopic (exact) mass is 298 g/mol. The number of hydrogen-bond donors (Lipinski definition) is 1. The van der Waals surface area contributed by atoms with Gasteiger partial charge in [-0.1, -0.05) is 22.0 Å². The number of nitrogens with two attached hydrogens (primary N) is 1. The summed E-state index contributed by atoms with van der Waals surface area (Å²) >= 11 is 3.63. The first-order valence-electron chi connectivity index (χ1n) is 5.90. The van der Waals surface area contributed by atoms with Gasteiger partial charge in [0.15, 0.2) is 0 Å². The summed E-state index contributed by atoms with van der Waals surface area (Å²) in [5.41, 5.74) is 7.02. The highest BCUT2D eigenvalue weighted by Crippen LogP contribution is 2.41. The van der Waals surface area contributed by atoms with Gasteiger partial charge in [0.1, 0.15) is 5.75 Å². The molecule has 1 aliphatic heterocycles. The molecule has 0 bridgehead atoms. The van der Waals surface area contributed by atoms with Crippen molar-refractivity contribution in [2.24, 2.45) is 11.7 Å². The Morgan fingerprint density at radius 3 is 2.88 bits per heavy atom. The van der Waals surface area contributed by atoms with Gasteiger partial charge < -0.3 is 10.5 Å². The smallest absolute Gasteiger partial charge is 0.124 e. The maximum absolute atomic E-state index is 5.78. The van der Waals surface area contributed by atoms with Gasteiger partial charge in [0, 0.05) is 22.6 Å². The molecule has 2 rings (SSSR count). The van der Waals surface area contributed by atoms with E-state index in [1.165, 1.54) is 5.56 Å². The molecule has 2 atom stereocenters. The van der Waals surface area contributed by atoms with Gasteiger partial charge in [-0.15, -0.1) is 0 Å². The predicted molar refractivity (Wildman–Crippen MR) is 73.2 cm³/mol. The summed E-state index contributed by atoms with van der Waals surface area (Å²) < 4.78 is 6.58. The second kappa shape index (κ2) is 5.38. The molecule has 1 aliphatic rings. The van der Waals surface area contributed by atoms with Crippen molar-refractivity contribution in [1.29, 1.82) is 0 Å². The Morgan fingerprint density at radius 1 is 1.53 bits per heavy atom. The Kier molecular flexibility index (Phi) is 4.07. The molecule has 1 fully saturated rings. The van der Waals surface area contributed by atoms with Crippen LogP contribution in [0.1, 0.15) is 18.0 Å². The Hall–Kier alpha value is -0.580. The van der Waals surface area contributed by atoms with Crippen molar-refractivity contribution in [2.45, 2.75) is 12.5 Å². The minimum atomic E-state index is 0.397. The van der Waals surface area contributed by atoms with E-state index in [2.05, 4.69) is 33.9 Å². The minimum absolute atomic E-state index is 0.397. The van der Waals surface area contributed by atoms with Crippen LogP contribution < -0.4 is 10.5 Å². The van der Waals surface area contributed by atoms with E-state index < -0.39 is 0 Å². The Morgan fingerprint density at radius 2 is 2.29 bits per heavy atom. The third-order valence-corrected chi connectivity index (χ3v) is 4.23. The zero-order valence-corrected chi connectivity index (χ0v) is 11.9. The van der Waals surface area contributed by atoms with Crippen molar-refractivity contribution in [3.05, 3.63) is 28.2 Å². The maximum Gasteiger partial charge on any atom is 0.124 e. The van der Waals surface area contributed by atoms with Gasteiger partial charge in [-0.2, -0.15) is 0 Å². The molecule has 17 heavy (non-hydrogen) atoms. The van der Waals surface area contributed by atoms with E-state index in [4.69, 9.17) is 10.5 Å². The van der Waals surface area contributed by atoms with Crippen LogP contribution in [0.5, 0.6) is 5.75 Å². The van der Waals surface area contributed by atoms with Crippen LogP contribution in [0.25, 0.3) is 0 Å². The van der Waals surface area contributed by atoms with E-state index in [1.807, 2.05) is 12.1 Å². The van der Waals surface area contributed by atoms with Crippen molar-refractivity contribution in [2.75, 3.05) is 27.2 Å². The number of halogens is 1. The van der Waals surface area contributed by atoms with E-state index in [0.29, 0.717) is 12.0 Å². The van der Waals surface area contributed by atoms with Gasteiger partial charge >= 0.3 is 0 Å². The summed E-state index contributed by atoms with van der Waals surface area (Å²) in [6.45, 7) is 1.82. The minimum Gasteiger partial charge on any atom is -0.496 e. The van der Waals surface area contributed by atoms with Crippen molar-refractivity contribution in [3.8, 4) is 5.75 Å². The lowest BCUT2D eigenvalue weighted by molar-refractivity contribution is 0.302. The van der Waals surface area contributed by atoms with E-state index in [1.54, 1.807) is 7.11 Å². The SMILES string of the molecule is COc1cccc(Br)c1C1CC(CN)CN1C. The lowest BCUT2D eigenvalue weighted by Gasteiger charge is -2.23. The van der Waals surface area contributed by atoms with Gasteiger partial charge in [0.25, 0.3) is 0 Å². The molecule has 2 N–H and O–H groups in total. The predicted octanol–water partition coefficient (Wildman–Crippen LogP) is 2.41. The molecule has 0 spiro atoms. The van der Waals surface area contributed by atoms with E-state index in [0.717, 1.165) is 29.7 Å². The van der Waals surface area contributed by atoms with Crippen LogP contribution in [-0.4, -0.2) is 32.1 Å². The fraction of sp³-hybridized carbons (Fsp3) is 0.538.